The lowest BCUT2D eigenvalue weighted by molar-refractivity contribution is 0.155. The number of halogens is 1. The van der Waals surface area contributed by atoms with E-state index in [1.54, 1.807) is 12.1 Å². The molecular weight excluding hydrogens is 321 g/mol. The summed E-state index contributed by atoms with van der Waals surface area (Å²) < 4.78 is 14.8. The summed E-state index contributed by atoms with van der Waals surface area (Å²) in [6.45, 7) is 6.18. The van der Waals surface area contributed by atoms with Crippen LogP contribution in [0, 0.1) is 11.7 Å². The summed E-state index contributed by atoms with van der Waals surface area (Å²) in [5.74, 6) is 0.0903. The first kappa shape index (κ1) is 17.4. The quantitative estimate of drug-likeness (QED) is 0.927. The van der Waals surface area contributed by atoms with E-state index in [9.17, 15) is 9.18 Å². The van der Waals surface area contributed by atoms with Crippen molar-refractivity contribution in [3.05, 3.63) is 36.3 Å². The Kier molecular flexibility index (Phi) is 5.31. The monoisotopic (exact) mass is 345 g/mol. The number of hydrogen-bond acceptors (Lipinski definition) is 3. The molecule has 2 amide bonds. The van der Waals surface area contributed by atoms with E-state index in [2.05, 4.69) is 15.6 Å². The number of carbonyl (C=O) groups is 1. The molecule has 1 atom stereocenters. The van der Waals surface area contributed by atoms with Gasteiger partial charge in [-0.1, -0.05) is 5.21 Å². The summed E-state index contributed by atoms with van der Waals surface area (Å²) in [5, 5.41) is 11.3. The van der Waals surface area contributed by atoms with Gasteiger partial charge in [0.1, 0.15) is 11.5 Å². The molecule has 2 heterocycles. The zero-order chi connectivity index (χ0) is 17.8. The molecule has 0 radical (unpaired) electrons. The van der Waals surface area contributed by atoms with Crippen LogP contribution in [0.15, 0.2) is 30.5 Å². The van der Waals surface area contributed by atoms with E-state index in [-0.39, 0.29) is 17.9 Å². The van der Waals surface area contributed by atoms with Crippen molar-refractivity contribution < 1.29 is 9.18 Å². The first-order chi connectivity index (χ1) is 12.0. The minimum atomic E-state index is -0.266. The Morgan fingerprint density at radius 1 is 1.36 bits per heavy atom. The van der Waals surface area contributed by atoms with Crippen molar-refractivity contribution in [2.24, 2.45) is 5.92 Å². The first-order valence-corrected chi connectivity index (χ1v) is 8.73. The van der Waals surface area contributed by atoms with Crippen molar-refractivity contribution in [3.8, 4) is 11.3 Å². The number of aromatic nitrogens is 3. The Bertz CT molecular complexity index is 713. The third-order valence-electron chi connectivity index (χ3n) is 4.34. The molecule has 0 unspecified atom stereocenters. The van der Waals surface area contributed by atoms with Gasteiger partial charge in [0.2, 0.25) is 0 Å². The number of hydrogen-bond donors (Lipinski definition) is 1. The van der Waals surface area contributed by atoms with Crippen LogP contribution in [0.1, 0.15) is 26.7 Å². The van der Waals surface area contributed by atoms with E-state index in [4.69, 9.17) is 0 Å². The van der Waals surface area contributed by atoms with Crippen LogP contribution in [0.25, 0.3) is 11.3 Å². The van der Waals surface area contributed by atoms with Crippen molar-refractivity contribution in [2.75, 3.05) is 13.1 Å². The van der Waals surface area contributed by atoms with Gasteiger partial charge in [0.25, 0.3) is 0 Å². The summed E-state index contributed by atoms with van der Waals surface area (Å²) in [6, 6.07) is 6.37. The van der Waals surface area contributed by atoms with Crippen LogP contribution < -0.4 is 5.32 Å². The Morgan fingerprint density at radius 3 is 2.84 bits per heavy atom. The number of rotatable bonds is 4. The molecule has 1 aromatic heterocycles. The topological polar surface area (TPSA) is 63.1 Å². The second-order valence-electron chi connectivity index (χ2n) is 6.89. The fourth-order valence-electron chi connectivity index (χ4n) is 3.14. The summed E-state index contributed by atoms with van der Waals surface area (Å²) in [4.78, 5) is 14.1. The van der Waals surface area contributed by atoms with Crippen LogP contribution in [-0.2, 0) is 6.54 Å². The van der Waals surface area contributed by atoms with Gasteiger partial charge in [0.15, 0.2) is 0 Å². The molecule has 134 valence electrons. The number of likely N-dealkylation sites (tertiary alicyclic amines) is 1. The molecular formula is C18H24FN5O. The molecule has 0 aliphatic carbocycles. The van der Waals surface area contributed by atoms with Gasteiger partial charge in [0.05, 0.1) is 6.20 Å². The third kappa shape index (κ3) is 4.55. The normalized spacial score (nSPS) is 17.8. The van der Waals surface area contributed by atoms with Crippen molar-refractivity contribution >= 4 is 6.03 Å². The maximum atomic E-state index is 13.0. The predicted octanol–water partition coefficient (Wildman–Crippen LogP) is 2.91. The van der Waals surface area contributed by atoms with E-state index in [0.717, 1.165) is 43.7 Å². The maximum Gasteiger partial charge on any atom is 0.317 e. The third-order valence-corrected chi connectivity index (χ3v) is 4.34. The van der Waals surface area contributed by atoms with E-state index >= 15 is 0 Å². The molecule has 1 saturated heterocycles. The van der Waals surface area contributed by atoms with Crippen molar-refractivity contribution in [3.63, 3.8) is 0 Å². The summed E-state index contributed by atoms with van der Waals surface area (Å²) >= 11 is 0. The molecule has 0 saturated carbocycles. The SMILES string of the molecule is CC(C)NC(=O)N1CCC[C@@H](Cn2cc(-c3ccc(F)cc3)nn2)C1. The fourth-order valence-corrected chi connectivity index (χ4v) is 3.14. The molecule has 1 N–H and O–H groups in total. The Morgan fingerprint density at radius 2 is 2.12 bits per heavy atom. The van der Waals surface area contributed by atoms with Crippen LogP contribution in [-0.4, -0.2) is 45.1 Å². The van der Waals surface area contributed by atoms with Crippen LogP contribution in [0.2, 0.25) is 0 Å². The number of carbonyl (C=O) groups excluding carboxylic acids is 1. The lowest BCUT2D eigenvalue weighted by atomic mass is 9.98. The summed E-state index contributed by atoms with van der Waals surface area (Å²) in [7, 11) is 0. The van der Waals surface area contributed by atoms with E-state index in [1.807, 2.05) is 29.6 Å². The van der Waals surface area contributed by atoms with Gasteiger partial charge in [-0.05, 0) is 56.9 Å². The average Bonchev–Trinajstić information content (AvgIpc) is 3.03. The van der Waals surface area contributed by atoms with Gasteiger partial charge < -0.3 is 10.2 Å². The number of piperidine rings is 1. The van der Waals surface area contributed by atoms with Crippen molar-refractivity contribution in [1.29, 1.82) is 0 Å². The highest BCUT2D eigenvalue weighted by atomic mass is 19.1. The lowest BCUT2D eigenvalue weighted by Crippen LogP contribution is -2.48. The number of benzene rings is 1. The molecule has 0 spiro atoms. The van der Waals surface area contributed by atoms with E-state index in [0.29, 0.717) is 5.92 Å². The molecule has 1 aliphatic rings. The van der Waals surface area contributed by atoms with Gasteiger partial charge >= 0.3 is 6.03 Å². The summed E-state index contributed by atoms with van der Waals surface area (Å²) in [6.07, 6.45) is 3.94. The van der Waals surface area contributed by atoms with Gasteiger partial charge in [-0.25, -0.2) is 9.18 Å². The molecule has 3 rings (SSSR count). The predicted molar refractivity (Wildman–Crippen MR) is 93.4 cm³/mol. The number of amides is 2. The van der Waals surface area contributed by atoms with E-state index in [1.165, 1.54) is 12.1 Å². The fraction of sp³-hybridized carbons (Fsp3) is 0.500. The second-order valence-corrected chi connectivity index (χ2v) is 6.89. The smallest absolute Gasteiger partial charge is 0.317 e. The number of urea groups is 1. The Hall–Kier alpha value is -2.44. The van der Waals surface area contributed by atoms with Gasteiger partial charge in [-0.15, -0.1) is 5.10 Å². The maximum absolute atomic E-state index is 13.0. The van der Waals surface area contributed by atoms with Crippen LogP contribution >= 0.6 is 0 Å². The Labute approximate surface area is 147 Å². The van der Waals surface area contributed by atoms with E-state index < -0.39 is 0 Å². The lowest BCUT2D eigenvalue weighted by Gasteiger charge is -2.33. The van der Waals surface area contributed by atoms with Gasteiger partial charge in [-0.3, -0.25) is 4.68 Å². The largest absolute Gasteiger partial charge is 0.336 e. The molecule has 0 bridgehead atoms. The standard InChI is InChI=1S/C18H24FN5O/c1-13(2)20-18(25)23-9-3-4-14(10-23)11-24-12-17(21-22-24)15-5-7-16(19)8-6-15/h5-8,12-14H,3-4,9-11H2,1-2H3,(H,20,25)/t14-/m1/s1. The molecule has 1 aliphatic heterocycles. The highest BCUT2D eigenvalue weighted by Crippen LogP contribution is 2.20. The Balaban J connectivity index is 1.60. The molecule has 7 heteroatoms. The van der Waals surface area contributed by atoms with Crippen LogP contribution in [0.3, 0.4) is 0 Å². The number of nitrogens with one attached hydrogen (secondary N) is 1. The van der Waals surface area contributed by atoms with Crippen molar-refractivity contribution in [2.45, 2.75) is 39.3 Å². The first-order valence-electron chi connectivity index (χ1n) is 8.73. The minimum absolute atomic E-state index is 0.00490. The molecule has 1 aromatic carbocycles. The summed E-state index contributed by atoms with van der Waals surface area (Å²) in [5.41, 5.74) is 1.57. The van der Waals surface area contributed by atoms with Crippen LogP contribution in [0.5, 0.6) is 0 Å². The molecule has 6 nitrogen and oxygen atoms in total. The zero-order valence-electron chi connectivity index (χ0n) is 14.7. The highest BCUT2D eigenvalue weighted by molar-refractivity contribution is 5.74. The molecule has 25 heavy (non-hydrogen) atoms. The minimum Gasteiger partial charge on any atom is -0.336 e. The van der Waals surface area contributed by atoms with Crippen molar-refractivity contribution in [1.82, 2.24) is 25.2 Å². The van der Waals surface area contributed by atoms with Crippen LogP contribution in [0.4, 0.5) is 9.18 Å². The molecule has 2 aromatic rings. The molecule has 1 fully saturated rings. The second kappa shape index (κ2) is 7.63. The average molecular weight is 345 g/mol. The number of nitrogens with zero attached hydrogens (tertiary/aromatic N) is 4. The highest BCUT2D eigenvalue weighted by Gasteiger charge is 2.24. The zero-order valence-corrected chi connectivity index (χ0v) is 14.7. The van der Waals surface area contributed by atoms with Gasteiger partial charge in [0, 0.05) is 31.2 Å². The van der Waals surface area contributed by atoms with Gasteiger partial charge in [-0.2, -0.15) is 0 Å².